The van der Waals surface area contributed by atoms with E-state index in [1.807, 2.05) is 19.1 Å². The number of ether oxygens (including phenoxy) is 1. The summed E-state index contributed by atoms with van der Waals surface area (Å²) in [7, 11) is 0. The van der Waals surface area contributed by atoms with Crippen molar-refractivity contribution in [2.75, 3.05) is 25.0 Å². The van der Waals surface area contributed by atoms with Gasteiger partial charge in [-0.15, -0.1) is 0 Å². The lowest BCUT2D eigenvalue weighted by Crippen LogP contribution is -2.33. The van der Waals surface area contributed by atoms with E-state index in [0.717, 1.165) is 11.4 Å². The van der Waals surface area contributed by atoms with Crippen LogP contribution in [0, 0.1) is 0 Å². The van der Waals surface area contributed by atoms with Gasteiger partial charge < -0.3 is 10.1 Å². The van der Waals surface area contributed by atoms with Gasteiger partial charge in [0.1, 0.15) is 5.75 Å². The molecular formula is C15H21ClN2O. The predicted molar refractivity (Wildman–Crippen MR) is 79.2 cm³/mol. The number of nitrogens with one attached hydrogen (secondary N) is 1. The molecule has 0 aromatic heterocycles. The van der Waals surface area contributed by atoms with Crippen LogP contribution < -0.4 is 10.1 Å². The predicted octanol–water partition coefficient (Wildman–Crippen LogP) is 3.39. The van der Waals surface area contributed by atoms with Crippen LogP contribution in [0.4, 0.5) is 5.69 Å². The molecule has 0 aliphatic carbocycles. The van der Waals surface area contributed by atoms with E-state index in [-0.39, 0.29) is 0 Å². The zero-order valence-corrected chi connectivity index (χ0v) is 12.1. The van der Waals surface area contributed by atoms with Crippen molar-refractivity contribution in [1.29, 1.82) is 0 Å². The number of benzene rings is 1. The van der Waals surface area contributed by atoms with Crippen LogP contribution >= 0.6 is 11.6 Å². The summed E-state index contributed by atoms with van der Waals surface area (Å²) in [5, 5.41) is 4.33. The smallest absolute Gasteiger partial charge is 0.138 e. The molecule has 2 aliphatic heterocycles. The molecule has 1 N–H and O–H groups in total. The van der Waals surface area contributed by atoms with Crippen molar-refractivity contribution in [2.24, 2.45) is 0 Å². The molecule has 0 bridgehead atoms. The second kappa shape index (κ2) is 5.59. The molecule has 0 amide bonds. The maximum absolute atomic E-state index is 6.23. The van der Waals surface area contributed by atoms with E-state index >= 15 is 0 Å². The van der Waals surface area contributed by atoms with Crippen molar-refractivity contribution in [2.45, 2.75) is 38.3 Å². The number of hydrogen-bond acceptors (Lipinski definition) is 3. The Balaban J connectivity index is 1.68. The number of anilines is 1. The van der Waals surface area contributed by atoms with Gasteiger partial charge in [-0.05, 0) is 50.9 Å². The van der Waals surface area contributed by atoms with E-state index in [1.54, 1.807) is 0 Å². The third-order valence-electron chi connectivity index (χ3n) is 4.19. The first-order valence-electron chi connectivity index (χ1n) is 7.21. The maximum atomic E-state index is 6.23. The van der Waals surface area contributed by atoms with Crippen LogP contribution in [0.15, 0.2) is 18.2 Å². The van der Waals surface area contributed by atoms with Crippen LogP contribution in [0.1, 0.15) is 26.2 Å². The fourth-order valence-corrected chi connectivity index (χ4v) is 3.56. The molecule has 1 aromatic rings. The van der Waals surface area contributed by atoms with Crippen LogP contribution in [-0.4, -0.2) is 36.7 Å². The van der Waals surface area contributed by atoms with E-state index in [0.29, 0.717) is 23.7 Å². The molecule has 2 unspecified atom stereocenters. The maximum Gasteiger partial charge on any atom is 0.138 e. The SMILES string of the molecule is CCOc1ccc(NC2CCN3CCCC23)cc1Cl. The molecule has 2 fully saturated rings. The Labute approximate surface area is 119 Å². The van der Waals surface area contributed by atoms with Crippen molar-refractivity contribution >= 4 is 17.3 Å². The Morgan fingerprint density at radius 3 is 3.05 bits per heavy atom. The lowest BCUT2D eigenvalue weighted by Gasteiger charge is -2.22. The number of nitrogens with zero attached hydrogens (tertiary/aromatic N) is 1. The first-order valence-corrected chi connectivity index (χ1v) is 7.58. The van der Waals surface area contributed by atoms with E-state index in [9.17, 15) is 0 Å². The third-order valence-corrected chi connectivity index (χ3v) is 4.49. The molecule has 4 heteroatoms. The van der Waals surface area contributed by atoms with E-state index in [1.165, 1.54) is 32.4 Å². The average molecular weight is 281 g/mol. The molecule has 3 rings (SSSR count). The van der Waals surface area contributed by atoms with Crippen LogP contribution in [0.3, 0.4) is 0 Å². The molecule has 104 valence electrons. The second-order valence-electron chi connectivity index (χ2n) is 5.36. The first kappa shape index (κ1) is 13.1. The normalized spacial score (nSPS) is 26.4. The third kappa shape index (κ3) is 2.67. The van der Waals surface area contributed by atoms with E-state index in [2.05, 4.69) is 16.3 Å². The lowest BCUT2D eigenvalue weighted by molar-refractivity contribution is 0.318. The van der Waals surface area contributed by atoms with E-state index < -0.39 is 0 Å². The molecule has 19 heavy (non-hydrogen) atoms. The van der Waals surface area contributed by atoms with Crippen molar-refractivity contribution in [3.8, 4) is 5.75 Å². The highest BCUT2D eigenvalue weighted by atomic mass is 35.5. The van der Waals surface area contributed by atoms with Crippen LogP contribution in [0.5, 0.6) is 5.75 Å². The summed E-state index contributed by atoms with van der Waals surface area (Å²) in [4.78, 5) is 2.60. The minimum absolute atomic E-state index is 0.566. The largest absolute Gasteiger partial charge is 0.492 e. The summed E-state index contributed by atoms with van der Waals surface area (Å²) in [5.74, 6) is 0.767. The minimum atomic E-state index is 0.566. The fraction of sp³-hybridized carbons (Fsp3) is 0.600. The summed E-state index contributed by atoms with van der Waals surface area (Å²) in [6, 6.07) is 7.27. The van der Waals surface area contributed by atoms with Gasteiger partial charge in [-0.3, -0.25) is 4.90 Å². The zero-order valence-electron chi connectivity index (χ0n) is 11.4. The Morgan fingerprint density at radius 1 is 1.37 bits per heavy atom. The van der Waals surface area contributed by atoms with E-state index in [4.69, 9.17) is 16.3 Å². The van der Waals surface area contributed by atoms with Crippen LogP contribution in [-0.2, 0) is 0 Å². The number of fused-ring (bicyclic) bond motifs is 1. The number of rotatable bonds is 4. The van der Waals surface area contributed by atoms with Crippen molar-refractivity contribution in [1.82, 2.24) is 4.90 Å². The minimum Gasteiger partial charge on any atom is -0.492 e. The van der Waals surface area contributed by atoms with Gasteiger partial charge in [-0.25, -0.2) is 0 Å². The number of hydrogen-bond donors (Lipinski definition) is 1. The van der Waals surface area contributed by atoms with Gasteiger partial charge >= 0.3 is 0 Å². The molecular weight excluding hydrogens is 260 g/mol. The summed E-state index contributed by atoms with van der Waals surface area (Å²) in [6.07, 6.45) is 3.89. The van der Waals surface area contributed by atoms with Gasteiger partial charge in [0.2, 0.25) is 0 Å². The van der Waals surface area contributed by atoms with Gasteiger partial charge in [0.05, 0.1) is 11.6 Å². The summed E-state index contributed by atoms with van der Waals surface area (Å²) in [5.41, 5.74) is 1.10. The quantitative estimate of drug-likeness (QED) is 0.915. The van der Waals surface area contributed by atoms with Crippen LogP contribution in [0.2, 0.25) is 5.02 Å². The highest BCUT2D eigenvalue weighted by molar-refractivity contribution is 6.32. The molecule has 2 heterocycles. The highest BCUT2D eigenvalue weighted by Gasteiger charge is 2.36. The Hall–Kier alpha value is -0.930. The van der Waals surface area contributed by atoms with Gasteiger partial charge in [-0.1, -0.05) is 11.6 Å². The standard InChI is InChI=1S/C15H21ClN2O/c1-2-19-15-6-5-11(10-12(15)16)17-13-7-9-18-8-3-4-14(13)18/h5-6,10,13-14,17H,2-4,7-9H2,1H3. The van der Waals surface area contributed by atoms with Gasteiger partial charge in [0, 0.05) is 24.3 Å². The monoisotopic (exact) mass is 280 g/mol. The van der Waals surface area contributed by atoms with Gasteiger partial charge in [0.25, 0.3) is 0 Å². The molecule has 2 saturated heterocycles. The zero-order chi connectivity index (χ0) is 13.2. The van der Waals surface area contributed by atoms with Gasteiger partial charge in [0.15, 0.2) is 0 Å². The topological polar surface area (TPSA) is 24.5 Å². The Kier molecular flexibility index (Phi) is 3.85. The van der Waals surface area contributed by atoms with Gasteiger partial charge in [-0.2, -0.15) is 0 Å². The molecule has 1 aromatic carbocycles. The summed E-state index contributed by atoms with van der Waals surface area (Å²) >= 11 is 6.23. The average Bonchev–Trinajstić information content (AvgIpc) is 2.98. The first-order chi connectivity index (χ1) is 9.28. The summed E-state index contributed by atoms with van der Waals surface area (Å²) < 4.78 is 5.46. The summed E-state index contributed by atoms with van der Waals surface area (Å²) in [6.45, 7) is 5.11. The molecule has 0 spiro atoms. The van der Waals surface area contributed by atoms with Crippen molar-refractivity contribution in [3.63, 3.8) is 0 Å². The lowest BCUT2D eigenvalue weighted by atomic mass is 10.1. The molecule has 0 radical (unpaired) electrons. The second-order valence-corrected chi connectivity index (χ2v) is 5.77. The number of halogens is 1. The molecule has 3 nitrogen and oxygen atoms in total. The van der Waals surface area contributed by atoms with Crippen molar-refractivity contribution < 1.29 is 4.74 Å². The molecule has 2 atom stereocenters. The Morgan fingerprint density at radius 2 is 2.26 bits per heavy atom. The van der Waals surface area contributed by atoms with Crippen molar-refractivity contribution in [3.05, 3.63) is 23.2 Å². The fourth-order valence-electron chi connectivity index (χ4n) is 3.33. The molecule has 0 saturated carbocycles. The highest BCUT2D eigenvalue weighted by Crippen LogP contribution is 2.32. The Bertz CT molecular complexity index is 452. The molecule has 2 aliphatic rings. The van der Waals surface area contributed by atoms with Crippen LogP contribution in [0.25, 0.3) is 0 Å².